The number of aliphatic hydroxyl groups excluding tert-OH is 1. The van der Waals surface area contributed by atoms with Crippen LogP contribution in [0.4, 0.5) is 4.39 Å². The van der Waals surface area contributed by atoms with Crippen molar-refractivity contribution >= 4 is 5.91 Å². The molecule has 120 valence electrons. The molecule has 0 saturated carbocycles. The van der Waals surface area contributed by atoms with Crippen LogP contribution < -0.4 is 0 Å². The number of halogens is 1. The van der Waals surface area contributed by atoms with Gasteiger partial charge < -0.3 is 10.0 Å². The first-order valence-corrected chi connectivity index (χ1v) is 7.89. The lowest BCUT2D eigenvalue weighted by atomic mass is 10.0. The van der Waals surface area contributed by atoms with E-state index in [0.717, 1.165) is 5.56 Å². The number of nitrogens with zero attached hydrogens (tertiary/aromatic N) is 1. The van der Waals surface area contributed by atoms with E-state index in [-0.39, 0.29) is 24.2 Å². The first-order chi connectivity index (χ1) is 11.1. The van der Waals surface area contributed by atoms with Crippen LogP contribution in [0.5, 0.6) is 0 Å². The summed E-state index contributed by atoms with van der Waals surface area (Å²) in [6, 6.07) is 15.8. The molecule has 0 aromatic heterocycles. The summed E-state index contributed by atoms with van der Waals surface area (Å²) in [7, 11) is 0. The minimum atomic E-state index is -0.508. The Bertz CT molecular complexity index is 674. The van der Waals surface area contributed by atoms with Crippen LogP contribution in [0.3, 0.4) is 0 Å². The van der Waals surface area contributed by atoms with Gasteiger partial charge in [-0.05, 0) is 36.1 Å². The van der Waals surface area contributed by atoms with Crippen LogP contribution in [0.1, 0.15) is 17.5 Å². The number of benzene rings is 2. The van der Waals surface area contributed by atoms with Crippen LogP contribution >= 0.6 is 0 Å². The van der Waals surface area contributed by atoms with Gasteiger partial charge in [0.15, 0.2) is 0 Å². The van der Waals surface area contributed by atoms with E-state index in [1.165, 1.54) is 12.1 Å². The van der Waals surface area contributed by atoms with Crippen molar-refractivity contribution in [3.05, 3.63) is 71.5 Å². The zero-order chi connectivity index (χ0) is 16.2. The Kier molecular flexibility index (Phi) is 4.72. The minimum absolute atomic E-state index is 0.0620. The summed E-state index contributed by atoms with van der Waals surface area (Å²) >= 11 is 0. The zero-order valence-electron chi connectivity index (χ0n) is 12.9. The summed E-state index contributed by atoms with van der Waals surface area (Å²) in [5.41, 5.74) is 1.76. The second kappa shape index (κ2) is 6.92. The molecule has 0 spiro atoms. The normalized spacial score (nSPS) is 20.7. The molecule has 0 radical (unpaired) electrons. The number of carbonyl (C=O) groups excluding carboxylic acids is 1. The van der Waals surface area contributed by atoms with Gasteiger partial charge in [0.25, 0.3) is 0 Å². The molecule has 3 nitrogen and oxygen atoms in total. The molecule has 1 heterocycles. The molecule has 4 heteroatoms. The van der Waals surface area contributed by atoms with Crippen LogP contribution in [0.25, 0.3) is 0 Å². The number of aliphatic hydroxyl groups is 1. The van der Waals surface area contributed by atoms with Crippen molar-refractivity contribution in [3.8, 4) is 0 Å². The van der Waals surface area contributed by atoms with Gasteiger partial charge in [-0.15, -0.1) is 0 Å². The molecule has 1 amide bonds. The van der Waals surface area contributed by atoms with Gasteiger partial charge in [-0.25, -0.2) is 4.39 Å². The Morgan fingerprint density at radius 2 is 1.87 bits per heavy atom. The highest BCUT2D eigenvalue weighted by Crippen LogP contribution is 2.23. The molecule has 3 rings (SSSR count). The van der Waals surface area contributed by atoms with E-state index in [1.807, 2.05) is 30.3 Å². The third-order valence-corrected chi connectivity index (χ3v) is 4.36. The van der Waals surface area contributed by atoms with Crippen molar-refractivity contribution in [3.63, 3.8) is 0 Å². The largest absolute Gasteiger partial charge is 0.391 e. The molecule has 2 aromatic rings. The van der Waals surface area contributed by atoms with Crippen molar-refractivity contribution in [2.75, 3.05) is 6.54 Å². The van der Waals surface area contributed by atoms with Crippen LogP contribution in [0, 0.1) is 5.82 Å². The Hall–Kier alpha value is -2.20. The number of likely N-dealkylation sites (tertiary alicyclic amines) is 1. The molecule has 1 aliphatic rings. The molecule has 1 fully saturated rings. The number of rotatable bonds is 4. The summed E-state index contributed by atoms with van der Waals surface area (Å²) in [6.07, 6.45) is 0.880. The first kappa shape index (κ1) is 15.7. The standard InChI is InChI=1S/C19H20FNO2/c20-16-8-4-7-15(11-16)13-19(23)21-10-9-18(22)17(21)12-14-5-2-1-3-6-14/h1-8,11,17-18,22H,9-10,12-13H2/t17-,18-/m0/s1. The van der Waals surface area contributed by atoms with Gasteiger partial charge in [-0.2, -0.15) is 0 Å². The van der Waals surface area contributed by atoms with Crippen LogP contribution in [-0.4, -0.2) is 34.6 Å². The summed E-state index contributed by atoms with van der Waals surface area (Å²) in [5, 5.41) is 10.2. The fourth-order valence-electron chi connectivity index (χ4n) is 3.17. The second-order valence-electron chi connectivity index (χ2n) is 6.01. The van der Waals surface area contributed by atoms with Gasteiger partial charge >= 0.3 is 0 Å². The third-order valence-electron chi connectivity index (χ3n) is 4.36. The fraction of sp³-hybridized carbons (Fsp3) is 0.316. The Morgan fingerprint density at radius 1 is 1.13 bits per heavy atom. The number of carbonyl (C=O) groups is 1. The molecule has 2 atom stereocenters. The quantitative estimate of drug-likeness (QED) is 0.942. The SMILES string of the molecule is O=C(Cc1cccc(F)c1)N1CC[C@H](O)[C@@H]1Cc1ccccc1. The highest BCUT2D eigenvalue weighted by atomic mass is 19.1. The fourth-order valence-corrected chi connectivity index (χ4v) is 3.17. The van der Waals surface area contributed by atoms with Crippen LogP contribution in [0.2, 0.25) is 0 Å². The zero-order valence-corrected chi connectivity index (χ0v) is 12.9. The lowest BCUT2D eigenvalue weighted by molar-refractivity contribution is -0.132. The van der Waals surface area contributed by atoms with Crippen molar-refractivity contribution in [1.82, 2.24) is 4.90 Å². The predicted octanol–water partition coefficient (Wildman–Crippen LogP) is 2.57. The molecule has 23 heavy (non-hydrogen) atoms. The molecule has 2 aromatic carbocycles. The molecule has 0 aliphatic carbocycles. The molecular weight excluding hydrogens is 293 g/mol. The number of amides is 1. The van der Waals surface area contributed by atoms with Gasteiger partial charge in [0.05, 0.1) is 18.6 Å². The Morgan fingerprint density at radius 3 is 2.61 bits per heavy atom. The van der Waals surface area contributed by atoms with E-state index < -0.39 is 6.10 Å². The maximum absolute atomic E-state index is 13.3. The third kappa shape index (κ3) is 3.77. The average Bonchev–Trinajstić information content (AvgIpc) is 2.89. The highest BCUT2D eigenvalue weighted by Gasteiger charge is 2.35. The van der Waals surface area contributed by atoms with Crippen LogP contribution in [0.15, 0.2) is 54.6 Å². The summed E-state index contributed by atoms with van der Waals surface area (Å²) < 4.78 is 13.3. The average molecular weight is 313 g/mol. The van der Waals surface area contributed by atoms with Crippen LogP contribution in [-0.2, 0) is 17.6 Å². The topological polar surface area (TPSA) is 40.5 Å². The highest BCUT2D eigenvalue weighted by molar-refractivity contribution is 5.79. The van der Waals surface area contributed by atoms with Gasteiger partial charge in [0.2, 0.25) is 5.91 Å². The summed E-state index contributed by atoms with van der Waals surface area (Å²) in [4.78, 5) is 14.3. The van der Waals surface area contributed by atoms with E-state index in [4.69, 9.17) is 0 Å². The Balaban J connectivity index is 1.71. The van der Waals surface area contributed by atoms with Crippen molar-refractivity contribution in [2.24, 2.45) is 0 Å². The first-order valence-electron chi connectivity index (χ1n) is 7.89. The molecule has 0 bridgehead atoms. The van der Waals surface area contributed by atoms with Gasteiger partial charge in [0, 0.05) is 6.54 Å². The monoisotopic (exact) mass is 313 g/mol. The predicted molar refractivity (Wildman–Crippen MR) is 86.4 cm³/mol. The van der Waals surface area contributed by atoms with E-state index >= 15 is 0 Å². The molecular formula is C19H20FNO2. The molecule has 0 unspecified atom stereocenters. The van der Waals surface area contributed by atoms with Gasteiger partial charge in [-0.3, -0.25) is 4.79 Å². The Labute approximate surface area is 135 Å². The lowest BCUT2D eigenvalue weighted by Crippen LogP contribution is -2.41. The van der Waals surface area contributed by atoms with Crippen molar-refractivity contribution < 1.29 is 14.3 Å². The molecule has 1 N–H and O–H groups in total. The van der Waals surface area contributed by atoms with Gasteiger partial charge in [0.1, 0.15) is 5.82 Å². The van der Waals surface area contributed by atoms with E-state index in [9.17, 15) is 14.3 Å². The smallest absolute Gasteiger partial charge is 0.227 e. The van der Waals surface area contributed by atoms with Crippen molar-refractivity contribution in [1.29, 1.82) is 0 Å². The maximum Gasteiger partial charge on any atom is 0.227 e. The number of hydrogen-bond donors (Lipinski definition) is 1. The minimum Gasteiger partial charge on any atom is -0.391 e. The summed E-state index contributed by atoms with van der Waals surface area (Å²) in [6.45, 7) is 0.548. The van der Waals surface area contributed by atoms with Crippen molar-refractivity contribution in [2.45, 2.75) is 31.4 Å². The molecule has 1 saturated heterocycles. The molecule has 1 aliphatic heterocycles. The number of hydrogen-bond acceptors (Lipinski definition) is 2. The van der Waals surface area contributed by atoms with E-state index in [1.54, 1.807) is 17.0 Å². The van der Waals surface area contributed by atoms with E-state index in [0.29, 0.717) is 24.9 Å². The van der Waals surface area contributed by atoms with Gasteiger partial charge in [-0.1, -0.05) is 42.5 Å². The lowest BCUT2D eigenvalue weighted by Gasteiger charge is -2.26. The second-order valence-corrected chi connectivity index (χ2v) is 6.01. The maximum atomic E-state index is 13.3. The van der Waals surface area contributed by atoms with E-state index in [2.05, 4.69) is 0 Å². The summed E-state index contributed by atoms with van der Waals surface area (Å²) in [5.74, 6) is -0.398.